The van der Waals surface area contributed by atoms with Gasteiger partial charge in [-0.1, -0.05) is 38.1 Å². The summed E-state index contributed by atoms with van der Waals surface area (Å²) in [6.45, 7) is 4.13. The quantitative estimate of drug-likeness (QED) is 0.710. The summed E-state index contributed by atoms with van der Waals surface area (Å²) >= 11 is 0. The van der Waals surface area contributed by atoms with E-state index in [1.807, 2.05) is 12.1 Å². The van der Waals surface area contributed by atoms with Crippen LogP contribution < -0.4 is 0 Å². The summed E-state index contributed by atoms with van der Waals surface area (Å²) < 4.78 is 27.4. The van der Waals surface area contributed by atoms with Gasteiger partial charge in [-0.2, -0.15) is 0 Å². The highest BCUT2D eigenvalue weighted by Gasteiger charge is 2.21. The van der Waals surface area contributed by atoms with Crippen molar-refractivity contribution in [2.45, 2.75) is 37.5 Å². The van der Waals surface area contributed by atoms with E-state index in [9.17, 15) is 13.2 Å². The lowest BCUT2D eigenvalue weighted by atomic mass is 9.99. The van der Waals surface area contributed by atoms with E-state index in [1.165, 1.54) is 3.97 Å². The molecule has 2 aromatic carbocycles. The summed E-state index contributed by atoms with van der Waals surface area (Å²) in [6.07, 6.45) is 1.79. The number of aromatic nitrogens is 1. The first-order valence-electron chi connectivity index (χ1n) is 8.47. The second-order valence-electron chi connectivity index (χ2n) is 6.59. The fourth-order valence-electron chi connectivity index (χ4n) is 2.99. The van der Waals surface area contributed by atoms with Gasteiger partial charge < -0.3 is 5.11 Å². The first kappa shape index (κ1) is 18.2. The van der Waals surface area contributed by atoms with Crippen molar-refractivity contribution in [2.24, 2.45) is 0 Å². The van der Waals surface area contributed by atoms with Crippen molar-refractivity contribution in [3.63, 3.8) is 0 Å². The molecule has 0 aliphatic carbocycles. The number of carboxylic acid groups (broad SMARTS) is 1. The Kier molecular flexibility index (Phi) is 4.87. The largest absolute Gasteiger partial charge is 0.481 e. The van der Waals surface area contributed by atoms with Crippen LogP contribution in [0.15, 0.2) is 59.6 Å². The molecule has 0 saturated heterocycles. The minimum Gasteiger partial charge on any atom is -0.481 e. The van der Waals surface area contributed by atoms with Crippen LogP contribution >= 0.6 is 0 Å². The molecule has 3 rings (SSSR count). The summed E-state index contributed by atoms with van der Waals surface area (Å²) in [5, 5.41) is 9.80. The van der Waals surface area contributed by atoms with E-state index < -0.39 is 16.0 Å². The van der Waals surface area contributed by atoms with Gasteiger partial charge in [0.25, 0.3) is 10.0 Å². The smallest absolute Gasteiger partial charge is 0.303 e. The van der Waals surface area contributed by atoms with Gasteiger partial charge in [-0.15, -0.1) is 0 Å². The molecular weight excluding hydrogens is 350 g/mol. The van der Waals surface area contributed by atoms with Crippen molar-refractivity contribution in [1.82, 2.24) is 3.97 Å². The lowest BCUT2D eigenvalue weighted by molar-refractivity contribution is -0.136. The molecule has 3 aromatic rings. The standard InChI is InChI=1S/C20H21NO4S/c1-14(2)15-8-10-19-18(12-15)16(9-11-20(22)23)13-21(19)26(24,25)17-6-4-3-5-7-17/h3-8,10,12-14H,9,11H2,1-2H3,(H,22,23). The van der Waals surface area contributed by atoms with Crippen LogP contribution in [-0.4, -0.2) is 23.5 Å². The third-order valence-corrected chi connectivity index (χ3v) is 6.14. The van der Waals surface area contributed by atoms with Crippen molar-refractivity contribution in [2.75, 3.05) is 0 Å². The highest BCUT2D eigenvalue weighted by molar-refractivity contribution is 7.90. The Balaban J connectivity index is 2.21. The van der Waals surface area contributed by atoms with Crippen molar-refractivity contribution < 1.29 is 18.3 Å². The summed E-state index contributed by atoms with van der Waals surface area (Å²) in [6, 6.07) is 13.9. The molecule has 0 aliphatic rings. The number of benzene rings is 2. The molecule has 0 bridgehead atoms. The predicted octanol–water partition coefficient (Wildman–Crippen LogP) is 4.02. The fraction of sp³-hybridized carbons (Fsp3) is 0.250. The molecule has 1 aromatic heterocycles. The number of hydrogen-bond acceptors (Lipinski definition) is 3. The molecule has 0 fully saturated rings. The van der Waals surface area contributed by atoms with Crippen LogP contribution in [0.1, 0.15) is 37.3 Å². The molecule has 0 unspecified atom stereocenters. The van der Waals surface area contributed by atoms with Gasteiger partial charge in [0, 0.05) is 18.0 Å². The molecule has 136 valence electrons. The molecule has 6 heteroatoms. The van der Waals surface area contributed by atoms with Gasteiger partial charge in [0.1, 0.15) is 0 Å². The molecule has 0 amide bonds. The average molecular weight is 371 g/mol. The highest BCUT2D eigenvalue weighted by Crippen LogP contribution is 2.29. The molecule has 0 saturated carbocycles. The lowest BCUT2D eigenvalue weighted by Crippen LogP contribution is -2.11. The third-order valence-electron chi connectivity index (χ3n) is 4.45. The zero-order chi connectivity index (χ0) is 18.9. The second kappa shape index (κ2) is 6.96. The van der Waals surface area contributed by atoms with Crippen molar-refractivity contribution in [3.05, 3.63) is 65.9 Å². The first-order valence-corrected chi connectivity index (χ1v) is 9.91. The van der Waals surface area contributed by atoms with Crippen molar-refractivity contribution in [3.8, 4) is 0 Å². The van der Waals surface area contributed by atoms with E-state index in [1.54, 1.807) is 42.6 Å². The van der Waals surface area contributed by atoms with E-state index in [2.05, 4.69) is 13.8 Å². The molecule has 0 radical (unpaired) electrons. The second-order valence-corrected chi connectivity index (χ2v) is 8.41. The number of carbonyl (C=O) groups is 1. The summed E-state index contributed by atoms with van der Waals surface area (Å²) in [5.74, 6) is -0.613. The highest BCUT2D eigenvalue weighted by atomic mass is 32.2. The summed E-state index contributed by atoms with van der Waals surface area (Å²) in [5.41, 5.74) is 2.38. The van der Waals surface area contributed by atoms with Gasteiger partial charge >= 0.3 is 5.97 Å². The number of carboxylic acids is 1. The summed E-state index contributed by atoms with van der Waals surface area (Å²) in [7, 11) is -3.75. The Bertz CT molecular complexity index is 1050. The van der Waals surface area contributed by atoms with Gasteiger partial charge in [0.05, 0.1) is 10.4 Å². The van der Waals surface area contributed by atoms with Gasteiger partial charge in [-0.25, -0.2) is 12.4 Å². The van der Waals surface area contributed by atoms with Crippen LogP contribution in [0.25, 0.3) is 10.9 Å². The van der Waals surface area contributed by atoms with Gasteiger partial charge in [0.15, 0.2) is 0 Å². The summed E-state index contributed by atoms with van der Waals surface area (Å²) in [4.78, 5) is 11.2. The maximum Gasteiger partial charge on any atom is 0.303 e. The van der Waals surface area contributed by atoms with E-state index in [-0.39, 0.29) is 17.7 Å². The van der Waals surface area contributed by atoms with Gasteiger partial charge in [0.2, 0.25) is 0 Å². The normalized spacial score (nSPS) is 12.0. The van der Waals surface area contributed by atoms with Gasteiger partial charge in [-0.3, -0.25) is 4.79 Å². The molecule has 0 aliphatic heterocycles. The van der Waals surface area contributed by atoms with Crippen LogP contribution in [0.4, 0.5) is 0 Å². The Hall–Kier alpha value is -2.60. The van der Waals surface area contributed by atoms with Crippen molar-refractivity contribution in [1.29, 1.82) is 0 Å². The number of hydrogen-bond donors (Lipinski definition) is 1. The fourth-order valence-corrected chi connectivity index (χ4v) is 4.40. The van der Waals surface area contributed by atoms with Crippen LogP contribution in [0.3, 0.4) is 0 Å². The molecular formula is C20H21NO4S. The molecule has 1 heterocycles. The van der Waals surface area contributed by atoms with E-state index >= 15 is 0 Å². The average Bonchev–Trinajstić information content (AvgIpc) is 2.99. The van der Waals surface area contributed by atoms with Crippen LogP contribution in [0.2, 0.25) is 0 Å². The van der Waals surface area contributed by atoms with Crippen molar-refractivity contribution >= 4 is 26.9 Å². The van der Waals surface area contributed by atoms with Crippen LogP contribution in [-0.2, 0) is 21.2 Å². The topological polar surface area (TPSA) is 76.4 Å². The van der Waals surface area contributed by atoms with E-state index in [0.29, 0.717) is 11.4 Å². The van der Waals surface area contributed by atoms with Crippen LogP contribution in [0.5, 0.6) is 0 Å². The maximum atomic E-state index is 13.1. The maximum absolute atomic E-state index is 13.1. The molecule has 0 spiro atoms. The Morgan fingerprint density at radius 2 is 1.81 bits per heavy atom. The number of nitrogens with zero attached hydrogens (tertiary/aromatic N) is 1. The minimum atomic E-state index is -3.75. The number of fused-ring (bicyclic) bond motifs is 1. The Morgan fingerprint density at radius 3 is 2.42 bits per heavy atom. The SMILES string of the molecule is CC(C)c1ccc2c(c1)c(CCC(=O)O)cn2S(=O)(=O)c1ccccc1. The molecule has 26 heavy (non-hydrogen) atoms. The zero-order valence-electron chi connectivity index (χ0n) is 14.7. The third kappa shape index (κ3) is 3.37. The minimum absolute atomic E-state index is 0.0452. The Labute approximate surface area is 152 Å². The number of aryl methyl sites for hydroxylation is 1. The molecule has 0 atom stereocenters. The predicted molar refractivity (Wildman–Crippen MR) is 101 cm³/mol. The van der Waals surface area contributed by atoms with E-state index in [4.69, 9.17) is 5.11 Å². The molecule has 1 N–H and O–H groups in total. The van der Waals surface area contributed by atoms with E-state index in [0.717, 1.165) is 16.5 Å². The first-order chi connectivity index (χ1) is 12.3. The monoisotopic (exact) mass is 371 g/mol. The molecule has 5 nitrogen and oxygen atoms in total. The lowest BCUT2D eigenvalue weighted by Gasteiger charge is -2.09. The number of aliphatic carboxylic acids is 1. The number of rotatable bonds is 6. The zero-order valence-corrected chi connectivity index (χ0v) is 15.5. The Morgan fingerprint density at radius 1 is 1.12 bits per heavy atom. The van der Waals surface area contributed by atoms with Crippen LogP contribution in [0, 0.1) is 0 Å². The van der Waals surface area contributed by atoms with Gasteiger partial charge in [-0.05, 0) is 47.7 Å².